The second-order valence-corrected chi connectivity index (χ2v) is 4.18. The van der Waals surface area contributed by atoms with Crippen molar-refractivity contribution in [2.24, 2.45) is 0 Å². The Labute approximate surface area is 80.6 Å². The van der Waals surface area contributed by atoms with Crippen molar-refractivity contribution in [2.45, 2.75) is 13.5 Å². The maximum atomic E-state index is 9.06. The van der Waals surface area contributed by atoms with Crippen LogP contribution in [0.25, 0.3) is 10.1 Å². The third-order valence-electron chi connectivity index (χ3n) is 2.27. The van der Waals surface area contributed by atoms with Crippen LogP contribution < -0.4 is 5.73 Å². The van der Waals surface area contributed by atoms with Crippen molar-refractivity contribution in [1.82, 2.24) is 0 Å². The highest BCUT2D eigenvalue weighted by Crippen LogP contribution is 2.31. The molecule has 13 heavy (non-hydrogen) atoms. The molecule has 0 aliphatic rings. The molecular weight excluding hydrogens is 182 g/mol. The Balaban J connectivity index is 2.78. The van der Waals surface area contributed by atoms with Gasteiger partial charge < -0.3 is 10.8 Å². The number of thiophene rings is 1. The number of aryl methyl sites for hydroxylation is 1. The van der Waals surface area contributed by atoms with Crippen LogP contribution >= 0.6 is 11.3 Å². The van der Waals surface area contributed by atoms with Crippen LogP contribution in [-0.4, -0.2) is 5.11 Å². The lowest BCUT2D eigenvalue weighted by atomic mass is 10.1. The topological polar surface area (TPSA) is 46.2 Å². The molecule has 0 radical (unpaired) electrons. The van der Waals surface area contributed by atoms with Gasteiger partial charge in [-0.1, -0.05) is 6.07 Å². The Morgan fingerprint density at radius 2 is 2.23 bits per heavy atom. The van der Waals surface area contributed by atoms with E-state index < -0.39 is 0 Å². The molecule has 1 heterocycles. The molecular formula is C10H11NOS. The summed E-state index contributed by atoms with van der Waals surface area (Å²) in [5.41, 5.74) is 7.82. The normalized spacial score (nSPS) is 10.9. The van der Waals surface area contributed by atoms with E-state index in [1.165, 1.54) is 4.70 Å². The van der Waals surface area contributed by atoms with Gasteiger partial charge in [-0.05, 0) is 35.6 Å². The van der Waals surface area contributed by atoms with Crippen molar-refractivity contribution < 1.29 is 5.11 Å². The summed E-state index contributed by atoms with van der Waals surface area (Å²) in [7, 11) is 0. The van der Waals surface area contributed by atoms with Crippen molar-refractivity contribution >= 4 is 26.4 Å². The van der Waals surface area contributed by atoms with Crippen LogP contribution in [-0.2, 0) is 6.61 Å². The number of benzene rings is 1. The Morgan fingerprint density at radius 1 is 1.46 bits per heavy atom. The summed E-state index contributed by atoms with van der Waals surface area (Å²) in [6, 6.07) is 5.93. The molecule has 68 valence electrons. The molecule has 0 fully saturated rings. The molecule has 2 rings (SSSR count). The number of hydrogen-bond donors (Lipinski definition) is 2. The van der Waals surface area contributed by atoms with E-state index in [-0.39, 0.29) is 6.61 Å². The van der Waals surface area contributed by atoms with Crippen molar-refractivity contribution in [2.75, 3.05) is 5.73 Å². The SMILES string of the molecule is Cc1c(CO)ccc2sc(N)cc12. The summed E-state index contributed by atoms with van der Waals surface area (Å²) in [4.78, 5) is 0. The van der Waals surface area contributed by atoms with Crippen LogP contribution in [0.1, 0.15) is 11.1 Å². The lowest BCUT2D eigenvalue weighted by Gasteiger charge is -2.02. The Hall–Kier alpha value is -1.06. The van der Waals surface area contributed by atoms with Crippen LogP contribution in [0, 0.1) is 6.92 Å². The third kappa shape index (κ3) is 1.30. The highest BCUT2D eigenvalue weighted by molar-refractivity contribution is 7.22. The van der Waals surface area contributed by atoms with E-state index in [1.54, 1.807) is 11.3 Å². The van der Waals surface area contributed by atoms with Crippen molar-refractivity contribution in [3.8, 4) is 0 Å². The average Bonchev–Trinajstić information content (AvgIpc) is 2.47. The molecule has 1 aromatic heterocycles. The highest BCUT2D eigenvalue weighted by atomic mass is 32.1. The van der Waals surface area contributed by atoms with E-state index >= 15 is 0 Å². The summed E-state index contributed by atoms with van der Waals surface area (Å²) < 4.78 is 1.19. The maximum absolute atomic E-state index is 9.06. The first-order valence-corrected chi connectivity index (χ1v) is 4.92. The molecule has 0 saturated carbocycles. The smallest absolute Gasteiger partial charge is 0.0868 e. The van der Waals surface area contributed by atoms with Crippen LogP contribution in [0.3, 0.4) is 0 Å². The minimum atomic E-state index is 0.0948. The predicted octanol–water partition coefficient (Wildman–Crippen LogP) is 2.28. The zero-order valence-electron chi connectivity index (χ0n) is 7.37. The molecule has 1 aromatic carbocycles. The van der Waals surface area contributed by atoms with Crippen LogP contribution in [0.4, 0.5) is 5.00 Å². The fourth-order valence-corrected chi connectivity index (χ4v) is 2.38. The molecule has 0 bridgehead atoms. The minimum absolute atomic E-state index is 0.0948. The molecule has 2 aromatic rings. The first-order chi connectivity index (χ1) is 6.22. The number of aliphatic hydroxyl groups excluding tert-OH is 1. The molecule has 0 saturated heterocycles. The van der Waals surface area contributed by atoms with Gasteiger partial charge in [0.2, 0.25) is 0 Å². The summed E-state index contributed by atoms with van der Waals surface area (Å²) in [6.07, 6.45) is 0. The van der Waals surface area contributed by atoms with Gasteiger partial charge in [0.25, 0.3) is 0 Å². The molecule has 0 aliphatic carbocycles. The zero-order valence-corrected chi connectivity index (χ0v) is 8.19. The molecule has 3 N–H and O–H groups in total. The Kier molecular flexibility index (Phi) is 1.98. The van der Waals surface area contributed by atoms with Gasteiger partial charge in [0.15, 0.2) is 0 Å². The van der Waals surface area contributed by atoms with Gasteiger partial charge >= 0.3 is 0 Å². The van der Waals surface area contributed by atoms with Gasteiger partial charge in [0, 0.05) is 4.70 Å². The van der Waals surface area contributed by atoms with E-state index in [2.05, 4.69) is 0 Å². The van der Waals surface area contributed by atoms with Crippen molar-refractivity contribution in [3.05, 3.63) is 29.3 Å². The van der Waals surface area contributed by atoms with Crippen molar-refractivity contribution in [1.29, 1.82) is 0 Å². The number of nitrogen functional groups attached to an aromatic ring is 1. The fraction of sp³-hybridized carbons (Fsp3) is 0.200. The number of anilines is 1. The lowest BCUT2D eigenvalue weighted by molar-refractivity contribution is 0.281. The number of nitrogens with two attached hydrogens (primary N) is 1. The summed E-state index contributed by atoms with van der Waals surface area (Å²) >= 11 is 1.58. The summed E-state index contributed by atoms with van der Waals surface area (Å²) in [6.45, 7) is 2.11. The molecule has 2 nitrogen and oxygen atoms in total. The molecule has 0 atom stereocenters. The Bertz CT molecular complexity index is 447. The second kappa shape index (κ2) is 3.01. The van der Waals surface area contributed by atoms with Crippen LogP contribution in [0.15, 0.2) is 18.2 Å². The molecule has 0 amide bonds. The van der Waals surface area contributed by atoms with E-state index in [1.807, 2.05) is 25.1 Å². The maximum Gasteiger partial charge on any atom is 0.0868 e. The standard InChI is InChI=1S/C10H11NOS/c1-6-7(5-12)2-3-9-8(6)4-10(11)13-9/h2-4,12H,5,11H2,1H3. The largest absolute Gasteiger partial charge is 0.392 e. The molecule has 0 spiro atoms. The fourth-order valence-electron chi connectivity index (χ4n) is 1.49. The highest BCUT2D eigenvalue weighted by Gasteiger charge is 2.05. The number of hydrogen-bond acceptors (Lipinski definition) is 3. The van der Waals surface area contributed by atoms with E-state index in [9.17, 15) is 0 Å². The molecule has 0 aliphatic heterocycles. The van der Waals surface area contributed by atoms with Gasteiger partial charge in [-0.2, -0.15) is 0 Å². The van der Waals surface area contributed by atoms with Gasteiger partial charge in [-0.3, -0.25) is 0 Å². The van der Waals surface area contributed by atoms with Crippen LogP contribution in [0.2, 0.25) is 0 Å². The lowest BCUT2D eigenvalue weighted by Crippen LogP contribution is -1.87. The third-order valence-corrected chi connectivity index (χ3v) is 3.20. The number of fused-ring (bicyclic) bond motifs is 1. The van der Waals surface area contributed by atoms with Gasteiger partial charge in [0.05, 0.1) is 11.6 Å². The van der Waals surface area contributed by atoms with Crippen LogP contribution in [0.5, 0.6) is 0 Å². The first-order valence-electron chi connectivity index (χ1n) is 4.10. The quantitative estimate of drug-likeness (QED) is 0.730. The summed E-state index contributed by atoms with van der Waals surface area (Å²) in [5.74, 6) is 0. The van der Waals surface area contributed by atoms with Gasteiger partial charge in [-0.25, -0.2) is 0 Å². The number of aliphatic hydroxyl groups is 1. The van der Waals surface area contributed by atoms with E-state index in [0.717, 1.165) is 21.5 Å². The summed E-state index contributed by atoms with van der Waals surface area (Å²) in [5, 5.41) is 11.0. The number of rotatable bonds is 1. The monoisotopic (exact) mass is 193 g/mol. The average molecular weight is 193 g/mol. The second-order valence-electron chi connectivity index (χ2n) is 3.07. The van der Waals surface area contributed by atoms with E-state index in [0.29, 0.717) is 0 Å². The first kappa shape index (κ1) is 8.53. The predicted molar refractivity (Wildman–Crippen MR) is 56.9 cm³/mol. The molecule has 3 heteroatoms. The minimum Gasteiger partial charge on any atom is -0.392 e. The van der Waals surface area contributed by atoms with Crippen molar-refractivity contribution in [3.63, 3.8) is 0 Å². The Morgan fingerprint density at radius 3 is 2.92 bits per heavy atom. The van der Waals surface area contributed by atoms with Gasteiger partial charge in [0.1, 0.15) is 0 Å². The zero-order chi connectivity index (χ0) is 9.42. The molecule has 0 unspecified atom stereocenters. The van der Waals surface area contributed by atoms with Gasteiger partial charge in [-0.15, -0.1) is 11.3 Å². The van der Waals surface area contributed by atoms with E-state index in [4.69, 9.17) is 10.8 Å².